The molecular formula is C16H24O6. The Kier molecular flexibility index (Phi) is 6.59. The summed E-state index contributed by atoms with van der Waals surface area (Å²) in [7, 11) is 0. The van der Waals surface area contributed by atoms with Crippen LogP contribution in [0.1, 0.15) is 40.0 Å². The van der Waals surface area contributed by atoms with Crippen LogP contribution >= 0.6 is 0 Å². The Morgan fingerprint density at radius 3 is 1.91 bits per heavy atom. The van der Waals surface area contributed by atoms with Crippen LogP contribution in [0.2, 0.25) is 0 Å². The molecule has 1 aliphatic carbocycles. The van der Waals surface area contributed by atoms with Crippen molar-refractivity contribution in [1.82, 2.24) is 0 Å². The lowest BCUT2D eigenvalue weighted by molar-refractivity contribution is -0.179. The molecule has 0 aromatic rings. The Morgan fingerprint density at radius 2 is 1.59 bits per heavy atom. The van der Waals surface area contributed by atoms with Crippen molar-refractivity contribution in [2.45, 2.75) is 40.0 Å². The molecular weight excluding hydrogens is 288 g/mol. The van der Waals surface area contributed by atoms with Crippen LogP contribution in [0.25, 0.3) is 0 Å². The summed E-state index contributed by atoms with van der Waals surface area (Å²) in [5.41, 5.74) is -1.57. The van der Waals surface area contributed by atoms with Gasteiger partial charge in [0, 0.05) is 5.92 Å². The molecule has 0 bridgehead atoms. The Morgan fingerprint density at radius 1 is 1.05 bits per heavy atom. The van der Waals surface area contributed by atoms with Crippen molar-refractivity contribution in [2.24, 2.45) is 17.3 Å². The molecule has 0 aliphatic heterocycles. The summed E-state index contributed by atoms with van der Waals surface area (Å²) >= 11 is 0. The Hall–Kier alpha value is -1.85. The lowest BCUT2D eigenvalue weighted by atomic mass is 9.61. The molecule has 1 rings (SSSR count). The number of aliphatic carboxylic acids is 1. The standard InChI is InChI=1S/C16H24O6/c1-4-7-10-16(14(19)21-5-2,15(20)22-6-3)12-9-8-11(12)13(17)18/h8-9,11-12H,4-7,10H2,1-3H3,(H,17,18)/t11-,12-/m1/s1. The van der Waals surface area contributed by atoms with E-state index in [0.29, 0.717) is 6.42 Å². The Balaban J connectivity index is 3.24. The molecule has 0 radical (unpaired) electrons. The molecule has 1 aliphatic rings. The van der Waals surface area contributed by atoms with Gasteiger partial charge in [0.15, 0.2) is 5.41 Å². The fourth-order valence-corrected chi connectivity index (χ4v) is 2.74. The highest BCUT2D eigenvalue weighted by Gasteiger charge is 2.58. The van der Waals surface area contributed by atoms with Crippen LogP contribution in [0.3, 0.4) is 0 Å². The second kappa shape index (κ2) is 7.96. The summed E-state index contributed by atoms with van der Waals surface area (Å²) < 4.78 is 10.2. The molecule has 0 heterocycles. The molecule has 2 atom stereocenters. The van der Waals surface area contributed by atoms with Crippen LogP contribution in [-0.4, -0.2) is 36.2 Å². The van der Waals surface area contributed by atoms with Gasteiger partial charge in [-0.2, -0.15) is 0 Å². The molecule has 0 saturated heterocycles. The van der Waals surface area contributed by atoms with Gasteiger partial charge in [0.2, 0.25) is 0 Å². The van der Waals surface area contributed by atoms with E-state index in [9.17, 15) is 19.5 Å². The van der Waals surface area contributed by atoms with E-state index >= 15 is 0 Å². The van der Waals surface area contributed by atoms with Crippen molar-refractivity contribution in [2.75, 3.05) is 13.2 Å². The third kappa shape index (κ3) is 3.31. The molecule has 6 heteroatoms. The van der Waals surface area contributed by atoms with Gasteiger partial charge in [0.25, 0.3) is 0 Å². The maximum atomic E-state index is 12.5. The molecule has 0 unspecified atom stereocenters. The van der Waals surface area contributed by atoms with E-state index < -0.39 is 35.2 Å². The first-order chi connectivity index (χ1) is 10.4. The summed E-state index contributed by atoms with van der Waals surface area (Å²) in [6.45, 7) is 5.49. The average molecular weight is 312 g/mol. The zero-order valence-corrected chi connectivity index (χ0v) is 13.3. The predicted molar refractivity (Wildman–Crippen MR) is 79.0 cm³/mol. The maximum Gasteiger partial charge on any atom is 0.324 e. The van der Waals surface area contributed by atoms with Gasteiger partial charge in [-0.15, -0.1) is 0 Å². The molecule has 0 amide bonds. The number of esters is 2. The molecule has 0 spiro atoms. The van der Waals surface area contributed by atoms with Crippen molar-refractivity contribution in [3.8, 4) is 0 Å². The van der Waals surface area contributed by atoms with Crippen molar-refractivity contribution in [1.29, 1.82) is 0 Å². The van der Waals surface area contributed by atoms with Gasteiger partial charge >= 0.3 is 17.9 Å². The normalized spacial score (nSPS) is 20.1. The van der Waals surface area contributed by atoms with Gasteiger partial charge in [-0.05, 0) is 20.3 Å². The number of carboxylic acids is 1. The van der Waals surface area contributed by atoms with Crippen molar-refractivity contribution < 1.29 is 29.0 Å². The smallest absolute Gasteiger partial charge is 0.324 e. The molecule has 22 heavy (non-hydrogen) atoms. The number of unbranched alkanes of at least 4 members (excludes halogenated alkanes) is 1. The summed E-state index contributed by atoms with van der Waals surface area (Å²) in [6, 6.07) is 0. The van der Waals surface area contributed by atoms with Gasteiger partial charge in [-0.3, -0.25) is 14.4 Å². The predicted octanol–water partition coefficient (Wildman–Crippen LogP) is 2.18. The zero-order valence-electron chi connectivity index (χ0n) is 13.3. The second-order valence-electron chi connectivity index (χ2n) is 5.29. The van der Waals surface area contributed by atoms with Crippen molar-refractivity contribution in [3.05, 3.63) is 12.2 Å². The van der Waals surface area contributed by atoms with Crippen molar-refractivity contribution >= 4 is 17.9 Å². The SMILES string of the molecule is CCCCC(C(=O)OCC)(C(=O)OCC)[C@@H]1C=C[C@H]1C(=O)O. The molecule has 0 aromatic carbocycles. The van der Waals surface area contributed by atoms with E-state index in [1.165, 1.54) is 6.08 Å². The molecule has 0 aromatic heterocycles. The summed E-state index contributed by atoms with van der Waals surface area (Å²) in [4.78, 5) is 36.4. The topological polar surface area (TPSA) is 89.9 Å². The number of hydrogen-bond donors (Lipinski definition) is 1. The highest BCUT2D eigenvalue weighted by Crippen LogP contribution is 2.46. The van der Waals surface area contributed by atoms with Crippen LogP contribution in [0.5, 0.6) is 0 Å². The van der Waals surface area contributed by atoms with Crippen LogP contribution in [0.15, 0.2) is 12.2 Å². The molecule has 0 fully saturated rings. The number of allylic oxidation sites excluding steroid dienone is 1. The van der Waals surface area contributed by atoms with Crippen LogP contribution in [0, 0.1) is 17.3 Å². The van der Waals surface area contributed by atoms with E-state index in [1.807, 2.05) is 6.92 Å². The lowest BCUT2D eigenvalue weighted by Gasteiger charge is -2.40. The summed E-state index contributed by atoms with van der Waals surface area (Å²) in [5.74, 6) is -4.03. The Labute approximate surface area is 130 Å². The monoisotopic (exact) mass is 312 g/mol. The first kappa shape index (κ1) is 18.2. The van der Waals surface area contributed by atoms with E-state index in [1.54, 1.807) is 19.9 Å². The van der Waals surface area contributed by atoms with Crippen LogP contribution in [-0.2, 0) is 23.9 Å². The largest absolute Gasteiger partial charge is 0.481 e. The molecule has 0 saturated carbocycles. The van der Waals surface area contributed by atoms with Gasteiger partial charge in [-0.1, -0.05) is 31.9 Å². The second-order valence-corrected chi connectivity index (χ2v) is 5.29. The molecule has 6 nitrogen and oxygen atoms in total. The fourth-order valence-electron chi connectivity index (χ4n) is 2.74. The number of carbonyl (C=O) groups excluding carboxylic acids is 2. The number of carboxylic acid groups (broad SMARTS) is 1. The van der Waals surface area contributed by atoms with Gasteiger partial charge in [0.05, 0.1) is 19.1 Å². The van der Waals surface area contributed by atoms with Gasteiger partial charge in [-0.25, -0.2) is 0 Å². The van der Waals surface area contributed by atoms with E-state index in [4.69, 9.17) is 9.47 Å². The van der Waals surface area contributed by atoms with E-state index in [2.05, 4.69) is 0 Å². The zero-order chi connectivity index (χ0) is 16.8. The third-order valence-corrected chi connectivity index (χ3v) is 3.97. The number of rotatable bonds is 9. The summed E-state index contributed by atoms with van der Waals surface area (Å²) in [6.07, 6.45) is 4.69. The van der Waals surface area contributed by atoms with E-state index in [0.717, 1.165) is 6.42 Å². The first-order valence-electron chi connectivity index (χ1n) is 7.71. The fraction of sp³-hybridized carbons (Fsp3) is 0.688. The first-order valence-corrected chi connectivity index (χ1v) is 7.71. The molecule has 124 valence electrons. The van der Waals surface area contributed by atoms with E-state index in [-0.39, 0.29) is 19.6 Å². The highest BCUT2D eigenvalue weighted by molar-refractivity contribution is 6.02. The maximum absolute atomic E-state index is 12.5. The quantitative estimate of drug-likeness (QED) is 0.399. The van der Waals surface area contributed by atoms with Crippen LogP contribution in [0.4, 0.5) is 0 Å². The van der Waals surface area contributed by atoms with Crippen molar-refractivity contribution in [3.63, 3.8) is 0 Å². The lowest BCUT2D eigenvalue weighted by Crippen LogP contribution is -2.52. The molecule has 1 N–H and O–H groups in total. The highest BCUT2D eigenvalue weighted by atomic mass is 16.6. The average Bonchev–Trinajstić information content (AvgIpc) is 2.41. The number of ether oxygens (including phenoxy) is 2. The van der Waals surface area contributed by atoms with Crippen LogP contribution < -0.4 is 0 Å². The third-order valence-electron chi connectivity index (χ3n) is 3.97. The van der Waals surface area contributed by atoms with Gasteiger partial charge < -0.3 is 14.6 Å². The van der Waals surface area contributed by atoms with Gasteiger partial charge in [0.1, 0.15) is 0 Å². The Bertz CT molecular complexity index is 436. The minimum Gasteiger partial charge on any atom is -0.481 e. The summed E-state index contributed by atoms with van der Waals surface area (Å²) in [5, 5.41) is 9.26. The minimum atomic E-state index is -1.57. The minimum absolute atomic E-state index is 0.125. The number of hydrogen-bond acceptors (Lipinski definition) is 5. The number of carbonyl (C=O) groups is 3.